The van der Waals surface area contributed by atoms with Gasteiger partial charge >= 0.3 is 0 Å². The summed E-state index contributed by atoms with van der Waals surface area (Å²) in [6, 6.07) is 6.16. The molecule has 2 rings (SSSR count). The first-order chi connectivity index (χ1) is 9.86. The molecule has 0 aliphatic heterocycles. The lowest BCUT2D eigenvalue weighted by Gasteiger charge is -2.26. The highest BCUT2D eigenvalue weighted by molar-refractivity contribution is 7.91. The lowest BCUT2D eigenvalue weighted by molar-refractivity contribution is 0.356. The number of hydrogen-bond acceptors (Lipinski definition) is 5. The van der Waals surface area contributed by atoms with Crippen LogP contribution >= 0.6 is 22.9 Å². The fraction of sp³-hybridized carbons (Fsp3) is 0.308. The monoisotopic (exact) mass is 346 g/mol. The molecule has 1 heterocycles. The van der Waals surface area contributed by atoms with Gasteiger partial charge in [0.2, 0.25) is 0 Å². The van der Waals surface area contributed by atoms with Gasteiger partial charge in [0.15, 0.2) is 8.68 Å². The van der Waals surface area contributed by atoms with Crippen LogP contribution in [0.25, 0.3) is 0 Å². The number of thiazole rings is 1. The van der Waals surface area contributed by atoms with E-state index < -0.39 is 16.1 Å². The Morgan fingerprint density at radius 1 is 1.48 bits per heavy atom. The summed E-state index contributed by atoms with van der Waals surface area (Å²) in [4.78, 5) is 3.78. The Labute approximate surface area is 132 Å². The number of aromatic hydroxyl groups is 1. The zero-order valence-corrected chi connectivity index (χ0v) is 13.9. The van der Waals surface area contributed by atoms with Gasteiger partial charge in [0.1, 0.15) is 5.75 Å². The van der Waals surface area contributed by atoms with Gasteiger partial charge in [0, 0.05) is 12.6 Å². The van der Waals surface area contributed by atoms with E-state index in [1.807, 2.05) is 0 Å². The third-order valence-electron chi connectivity index (χ3n) is 3.12. The number of phenols is 1. The van der Waals surface area contributed by atoms with Crippen molar-refractivity contribution >= 4 is 33.0 Å². The van der Waals surface area contributed by atoms with Crippen molar-refractivity contribution in [1.29, 1.82) is 0 Å². The molecule has 0 amide bonds. The molecule has 0 bridgehead atoms. The summed E-state index contributed by atoms with van der Waals surface area (Å²) in [6.07, 6.45) is 1.26. The number of aromatic nitrogens is 1. The number of rotatable bonds is 5. The van der Waals surface area contributed by atoms with Crippen molar-refractivity contribution in [1.82, 2.24) is 9.29 Å². The fourth-order valence-corrected chi connectivity index (χ4v) is 5.13. The number of phenolic OH excluding ortho intramolecular Hbond substituents is 1. The minimum atomic E-state index is -3.67. The molecule has 21 heavy (non-hydrogen) atoms. The number of hydrogen-bond donors (Lipinski definition) is 1. The quantitative estimate of drug-likeness (QED) is 0.901. The minimum Gasteiger partial charge on any atom is -0.508 e. The van der Waals surface area contributed by atoms with Crippen LogP contribution in [0.2, 0.25) is 4.47 Å². The average molecular weight is 347 g/mol. The standard InChI is InChI=1S/C13H15ClN2O3S2/c1-3-16(9(2)10-5-4-6-11(17)7-10)21(18,19)12-8-15-13(14)20-12/h4-9,17H,3H2,1-2H3. The first-order valence-corrected chi connectivity index (χ1v) is 8.91. The maximum absolute atomic E-state index is 12.7. The molecule has 8 heteroatoms. The van der Waals surface area contributed by atoms with Gasteiger partial charge < -0.3 is 5.11 Å². The summed E-state index contributed by atoms with van der Waals surface area (Å²) in [5.41, 5.74) is 0.719. The molecule has 0 spiro atoms. The highest BCUT2D eigenvalue weighted by Crippen LogP contribution is 2.31. The summed E-state index contributed by atoms with van der Waals surface area (Å²) >= 11 is 6.65. The highest BCUT2D eigenvalue weighted by atomic mass is 35.5. The second-order valence-electron chi connectivity index (χ2n) is 4.41. The van der Waals surface area contributed by atoms with Gasteiger partial charge in [-0.1, -0.05) is 42.0 Å². The van der Waals surface area contributed by atoms with Crippen LogP contribution in [0.4, 0.5) is 0 Å². The minimum absolute atomic E-state index is 0.105. The van der Waals surface area contributed by atoms with E-state index in [0.29, 0.717) is 6.54 Å². The van der Waals surface area contributed by atoms with Crippen LogP contribution in [0.3, 0.4) is 0 Å². The number of nitrogens with zero attached hydrogens (tertiary/aromatic N) is 2. The molecule has 0 aliphatic carbocycles. The van der Waals surface area contributed by atoms with E-state index in [1.165, 1.54) is 10.5 Å². The maximum Gasteiger partial charge on any atom is 0.254 e. The maximum atomic E-state index is 12.7. The topological polar surface area (TPSA) is 70.5 Å². The zero-order chi connectivity index (χ0) is 15.6. The highest BCUT2D eigenvalue weighted by Gasteiger charge is 2.30. The second kappa shape index (κ2) is 6.31. The van der Waals surface area contributed by atoms with E-state index in [4.69, 9.17) is 11.6 Å². The second-order valence-corrected chi connectivity index (χ2v) is 8.14. The predicted octanol–water partition coefficient (Wildman–Crippen LogP) is 3.27. The molecule has 1 aromatic carbocycles. The van der Waals surface area contributed by atoms with Crippen molar-refractivity contribution in [3.63, 3.8) is 0 Å². The van der Waals surface area contributed by atoms with Crippen LogP contribution in [0.5, 0.6) is 5.75 Å². The zero-order valence-electron chi connectivity index (χ0n) is 11.5. The summed E-state index contributed by atoms with van der Waals surface area (Å²) in [7, 11) is -3.67. The van der Waals surface area contributed by atoms with Gasteiger partial charge in [-0.05, 0) is 24.6 Å². The Hall–Kier alpha value is -1.15. The summed E-state index contributed by atoms with van der Waals surface area (Å²) in [5.74, 6) is 0.105. The first kappa shape index (κ1) is 16.2. The summed E-state index contributed by atoms with van der Waals surface area (Å²) in [5, 5.41) is 9.55. The van der Waals surface area contributed by atoms with Crippen molar-refractivity contribution < 1.29 is 13.5 Å². The van der Waals surface area contributed by atoms with Crippen molar-refractivity contribution in [2.45, 2.75) is 24.1 Å². The van der Waals surface area contributed by atoms with Gasteiger partial charge in [-0.2, -0.15) is 4.31 Å². The molecule has 114 valence electrons. The average Bonchev–Trinajstić information content (AvgIpc) is 2.86. The Bertz CT molecular complexity index is 731. The summed E-state index contributed by atoms with van der Waals surface area (Å²) in [6.45, 7) is 3.84. The molecular weight excluding hydrogens is 332 g/mol. The molecule has 1 atom stereocenters. The van der Waals surface area contributed by atoms with E-state index in [9.17, 15) is 13.5 Å². The molecule has 1 aromatic heterocycles. The SMILES string of the molecule is CCN(C(C)c1cccc(O)c1)S(=O)(=O)c1cnc(Cl)s1. The van der Waals surface area contributed by atoms with Gasteiger partial charge in [0.05, 0.1) is 6.20 Å². The fourth-order valence-electron chi connectivity index (χ4n) is 2.08. The Morgan fingerprint density at radius 3 is 2.71 bits per heavy atom. The van der Waals surface area contributed by atoms with E-state index in [1.54, 1.807) is 38.1 Å². The molecule has 0 aliphatic rings. The predicted molar refractivity (Wildman–Crippen MR) is 83.2 cm³/mol. The molecule has 2 aromatic rings. The molecular formula is C13H15ClN2O3S2. The number of benzene rings is 1. The van der Waals surface area contributed by atoms with E-state index >= 15 is 0 Å². The lowest BCUT2D eigenvalue weighted by Crippen LogP contribution is -2.33. The van der Waals surface area contributed by atoms with Gasteiger partial charge in [-0.15, -0.1) is 0 Å². The third kappa shape index (κ3) is 3.37. The van der Waals surface area contributed by atoms with E-state index in [0.717, 1.165) is 16.9 Å². The number of halogens is 1. The van der Waals surface area contributed by atoms with Gasteiger partial charge in [-0.3, -0.25) is 0 Å². The van der Waals surface area contributed by atoms with Crippen LogP contribution in [-0.2, 0) is 10.0 Å². The molecule has 0 saturated heterocycles. The largest absolute Gasteiger partial charge is 0.508 e. The molecule has 0 saturated carbocycles. The summed E-state index contributed by atoms with van der Waals surface area (Å²) < 4.78 is 27.0. The molecule has 0 fully saturated rings. The van der Waals surface area contributed by atoms with Gasteiger partial charge in [0.25, 0.3) is 10.0 Å². The Balaban J connectivity index is 2.39. The Morgan fingerprint density at radius 2 is 2.19 bits per heavy atom. The van der Waals surface area contributed by atoms with Crippen molar-refractivity contribution in [3.05, 3.63) is 40.5 Å². The number of sulfonamides is 1. The third-order valence-corrected chi connectivity index (χ3v) is 6.71. The first-order valence-electron chi connectivity index (χ1n) is 6.28. The van der Waals surface area contributed by atoms with Crippen LogP contribution in [0.15, 0.2) is 34.7 Å². The van der Waals surface area contributed by atoms with Gasteiger partial charge in [-0.25, -0.2) is 13.4 Å². The molecule has 5 nitrogen and oxygen atoms in total. The molecule has 1 N–H and O–H groups in total. The smallest absolute Gasteiger partial charge is 0.254 e. The van der Waals surface area contributed by atoms with Crippen molar-refractivity contribution in [2.24, 2.45) is 0 Å². The van der Waals surface area contributed by atoms with E-state index in [2.05, 4.69) is 4.98 Å². The Kier molecular flexibility index (Phi) is 4.88. The van der Waals surface area contributed by atoms with Crippen LogP contribution < -0.4 is 0 Å². The molecule has 1 unspecified atom stereocenters. The van der Waals surface area contributed by atoms with E-state index in [-0.39, 0.29) is 14.4 Å². The van der Waals surface area contributed by atoms with Crippen molar-refractivity contribution in [3.8, 4) is 5.75 Å². The normalized spacial score (nSPS) is 13.5. The van der Waals surface area contributed by atoms with Crippen LogP contribution in [0, 0.1) is 0 Å². The lowest BCUT2D eigenvalue weighted by atomic mass is 10.1. The van der Waals surface area contributed by atoms with Crippen LogP contribution in [-0.4, -0.2) is 29.4 Å². The van der Waals surface area contributed by atoms with Crippen LogP contribution in [0.1, 0.15) is 25.5 Å². The molecule has 0 radical (unpaired) electrons. The van der Waals surface area contributed by atoms with Crippen molar-refractivity contribution in [2.75, 3.05) is 6.54 Å².